The van der Waals surface area contributed by atoms with Crippen molar-refractivity contribution in [1.29, 1.82) is 0 Å². The summed E-state index contributed by atoms with van der Waals surface area (Å²) in [5.41, 5.74) is 1.23. The second-order valence-corrected chi connectivity index (χ2v) is 14.2. The lowest BCUT2D eigenvalue weighted by atomic mass is 9.45. The van der Waals surface area contributed by atoms with Gasteiger partial charge in [-0.1, -0.05) is 69.8 Å². The fourth-order valence-corrected chi connectivity index (χ4v) is 10.8. The molecule has 0 aromatic carbocycles. The maximum Gasteiger partial charge on any atom is 0.316 e. The van der Waals surface area contributed by atoms with Gasteiger partial charge < -0.3 is 4.74 Å². The van der Waals surface area contributed by atoms with E-state index in [-0.39, 0.29) is 12.1 Å². The van der Waals surface area contributed by atoms with Crippen molar-refractivity contribution in [3.8, 4) is 0 Å². The molecule has 0 amide bonds. The van der Waals surface area contributed by atoms with Crippen molar-refractivity contribution in [2.75, 3.05) is 5.33 Å². The number of alkyl halides is 1. The van der Waals surface area contributed by atoms with E-state index in [0.29, 0.717) is 21.6 Å². The highest BCUT2D eigenvalue weighted by Gasteiger charge is 2.78. The Kier molecular flexibility index (Phi) is 6.12. The van der Waals surface area contributed by atoms with Crippen molar-refractivity contribution < 1.29 is 9.53 Å². The molecule has 3 heteroatoms. The Hall–Kier alpha value is -0.0500. The first-order valence-electron chi connectivity index (χ1n) is 13.9. The van der Waals surface area contributed by atoms with E-state index in [4.69, 9.17) is 4.74 Å². The molecular formula is C29H47BrO2. The van der Waals surface area contributed by atoms with E-state index in [1.807, 2.05) is 0 Å². The Balaban J connectivity index is 1.37. The minimum atomic E-state index is -0.0376. The zero-order chi connectivity index (χ0) is 22.9. The third kappa shape index (κ3) is 3.32. The van der Waals surface area contributed by atoms with Gasteiger partial charge in [0.1, 0.15) is 11.4 Å². The molecule has 0 radical (unpaired) electrons. The SMILES string of the molecule is CC(C)CCC[C@@H](C)[C@H]1CC[C@H]2[C@@H]3C[C@H](OC(=O)CBr)[C@]45C[C@H]4CC[C@]5(C)[C@H]3CC[C@]12C. The number of carbonyl (C=O) groups is 1. The highest BCUT2D eigenvalue weighted by molar-refractivity contribution is 9.09. The Morgan fingerprint density at radius 3 is 2.50 bits per heavy atom. The maximum absolute atomic E-state index is 12.4. The Morgan fingerprint density at radius 2 is 1.81 bits per heavy atom. The fraction of sp³-hybridized carbons (Fsp3) is 0.966. The average Bonchev–Trinajstić information content (AvgIpc) is 3.26. The minimum absolute atomic E-state index is 0.0376. The van der Waals surface area contributed by atoms with E-state index in [0.717, 1.165) is 47.8 Å². The number of fused-ring (bicyclic) bond motifs is 4. The molecule has 0 aromatic heterocycles. The predicted molar refractivity (Wildman–Crippen MR) is 135 cm³/mol. The van der Waals surface area contributed by atoms with Crippen molar-refractivity contribution >= 4 is 21.9 Å². The van der Waals surface area contributed by atoms with Gasteiger partial charge in [0.25, 0.3) is 0 Å². The lowest BCUT2D eigenvalue weighted by molar-refractivity contribution is -0.181. The van der Waals surface area contributed by atoms with Crippen LogP contribution in [-0.4, -0.2) is 17.4 Å². The van der Waals surface area contributed by atoms with Gasteiger partial charge in [-0.25, -0.2) is 0 Å². The summed E-state index contributed by atoms with van der Waals surface area (Å²) in [6, 6.07) is 0. The van der Waals surface area contributed by atoms with E-state index in [2.05, 4.69) is 50.5 Å². The number of esters is 1. The molecule has 0 aromatic rings. The van der Waals surface area contributed by atoms with Crippen LogP contribution < -0.4 is 0 Å². The average molecular weight is 508 g/mol. The summed E-state index contributed by atoms with van der Waals surface area (Å²) in [7, 11) is 0. The van der Waals surface area contributed by atoms with Crippen LogP contribution in [0.25, 0.3) is 0 Å². The molecule has 32 heavy (non-hydrogen) atoms. The summed E-state index contributed by atoms with van der Waals surface area (Å²) in [6.45, 7) is 12.6. The van der Waals surface area contributed by atoms with Gasteiger partial charge in [0.2, 0.25) is 0 Å². The number of halogens is 1. The molecule has 2 nitrogen and oxygen atoms in total. The summed E-state index contributed by atoms with van der Waals surface area (Å²) in [5, 5.41) is 0.339. The Morgan fingerprint density at radius 1 is 1.03 bits per heavy atom. The third-order valence-electron chi connectivity index (χ3n) is 12.1. The molecule has 0 saturated heterocycles. The van der Waals surface area contributed by atoms with Gasteiger partial charge in [0, 0.05) is 5.41 Å². The molecule has 0 bridgehead atoms. The summed E-state index contributed by atoms with van der Waals surface area (Å²) in [5.74, 6) is 5.84. The fourth-order valence-electron chi connectivity index (χ4n) is 10.6. The van der Waals surface area contributed by atoms with Crippen molar-refractivity contribution in [2.24, 2.45) is 57.7 Å². The second kappa shape index (κ2) is 8.27. The molecule has 0 aliphatic heterocycles. The van der Waals surface area contributed by atoms with E-state index in [1.54, 1.807) is 0 Å². The Labute approximate surface area is 205 Å². The zero-order valence-corrected chi connectivity index (χ0v) is 22.9. The van der Waals surface area contributed by atoms with Gasteiger partial charge in [-0.15, -0.1) is 0 Å². The first-order chi connectivity index (χ1) is 15.2. The van der Waals surface area contributed by atoms with E-state index in [9.17, 15) is 4.79 Å². The highest BCUT2D eigenvalue weighted by Crippen LogP contribution is 2.82. The van der Waals surface area contributed by atoms with Crippen LogP contribution in [0.2, 0.25) is 0 Å². The topological polar surface area (TPSA) is 26.3 Å². The second-order valence-electron chi connectivity index (χ2n) is 13.7. The molecule has 5 aliphatic rings. The molecule has 0 unspecified atom stereocenters. The van der Waals surface area contributed by atoms with Gasteiger partial charge in [-0.2, -0.15) is 0 Å². The number of carbonyl (C=O) groups excluding carboxylic acids is 1. The van der Waals surface area contributed by atoms with Gasteiger partial charge in [0.05, 0.1) is 0 Å². The predicted octanol–water partition coefficient (Wildman–Crippen LogP) is 8.02. The number of rotatable bonds is 7. The maximum atomic E-state index is 12.4. The molecule has 1 spiro atoms. The van der Waals surface area contributed by atoms with Crippen LogP contribution in [0.15, 0.2) is 0 Å². The zero-order valence-electron chi connectivity index (χ0n) is 21.3. The van der Waals surface area contributed by atoms with Gasteiger partial charge in [0.15, 0.2) is 0 Å². The van der Waals surface area contributed by atoms with Crippen molar-refractivity contribution in [1.82, 2.24) is 0 Å². The normalized spacial score (nSPS) is 49.7. The van der Waals surface area contributed by atoms with Crippen LogP contribution in [0.1, 0.15) is 105 Å². The number of hydrogen-bond acceptors (Lipinski definition) is 2. The Bertz CT molecular complexity index is 735. The lowest BCUT2D eigenvalue weighted by Crippen LogP contribution is -2.57. The number of ether oxygens (including phenoxy) is 1. The molecule has 0 heterocycles. The van der Waals surface area contributed by atoms with E-state index < -0.39 is 0 Å². The van der Waals surface area contributed by atoms with Crippen LogP contribution in [0.5, 0.6) is 0 Å². The van der Waals surface area contributed by atoms with Crippen molar-refractivity contribution in [2.45, 2.75) is 111 Å². The van der Waals surface area contributed by atoms with Crippen LogP contribution in [0.3, 0.4) is 0 Å². The van der Waals surface area contributed by atoms with Crippen molar-refractivity contribution in [3.05, 3.63) is 0 Å². The lowest BCUT2D eigenvalue weighted by Gasteiger charge is -2.60. The summed E-state index contributed by atoms with van der Waals surface area (Å²) in [4.78, 5) is 12.4. The molecule has 5 saturated carbocycles. The van der Waals surface area contributed by atoms with Crippen LogP contribution in [-0.2, 0) is 9.53 Å². The minimum Gasteiger partial charge on any atom is -0.461 e. The van der Waals surface area contributed by atoms with E-state index >= 15 is 0 Å². The summed E-state index contributed by atoms with van der Waals surface area (Å²) >= 11 is 3.36. The molecule has 5 rings (SSSR count). The van der Waals surface area contributed by atoms with Crippen LogP contribution in [0.4, 0.5) is 0 Å². The third-order valence-corrected chi connectivity index (χ3v) is 12.6. The highest BCUT2D eigenvalue weighted by atomic mass is 79.9. The monoisotopic (exact) mass is 506 g/mol. The van der Waals surface area contributed by atoms with Gasteiger partial charge in [-0.3, -0.25) is 4.79 Å². The standard InChI is InChI=1S/C29H47BrO2/c1-18(2)7-6-8-19(3)22-9-10-23-21-15-25(32-26(31)17-30)29-16-20(29)11-14-28(29,5)24(21)12-13-27(22,23)4/h18-25H,6-17H2,1-5H3/t19-,20-,21+,22-,23+,24+,25+,27-,28-,29+/m1/s1. The van der Waals surface area contributed by atoms with Crippen LogP contribution >= 0.6 is 15.9 Å². The number of hydrogen-bond donors (Lipinski definition) is 0. The quantitative estimate of drug-likeness (QED) is 0.258. The van der Waals surface area contributed by atoms with Gasteiger partial charge in [-0.05, 0) is 104 Å². The molecule has 5 fully saturated rings. The summed E-state index contributed by atoms with van der Waals surface area (Å²) < 4.78 is 6.26. The smallest absolute Gasteiger partial charge is 0.316 e. The van der Waals surface area contributed by atoms with E-state index in [1.165, 1.54) is 64.2 Å². The molecule has 10 atom stereocenters. The van der Waals surface area contributed by atoms with Crippen LogP contribution in [0, 0.1) is 57.7 Å². The summed E-state index contributed by atoms with van der Waals surface area (Å²) in [6.07, 6.45) is 15.3. The van der Waals surface area contributed by atoms with Crippen molar-refractivity contribution in [3.63, 3.8) is 0 Å². The first-order valence-corrected chi connectivity index (χ1v) is 15.0. The molecule has 182 valence electrons. The molecular weight excluding hydrogens is 460 g/mol. The molecule has 0 N–H and O–H groups in total. The molecule has 5 aliphatic carbocycles. The van der Waals surface area contributed by atoms with Gasteiger partial charge >= 0.3 is 5.97 Å². The first kappa shape index (κ1) is 23.7. The largest absolute Gasteiger partial charge is 0.461 e.